The number of aryl methyl sites for hydroxylation is 1. The van der Waals surface area contributed by atoms with Crippen molar-refractivity contribution in [3.63, 3.8) is 0 Å². The molecule has 0 fully saturated rings. The first-order chi connectivity index (χ1) is 15.3. The van der Waals surface area contributed by atoms with Crippen LogP contribution in [-0.4, -0.2) is 17.7 Å². The number of ketones is 1. The van der Waals surface area contributed by atoms with E-state index < -0.39 is 5.82 Å². The van der Waals surface area contributed by atoms with Crippen LogP contribution in [0.3, 0.4) is 0 Å². The van der Waals surface area contributed by atoms with Crippen molar-refractivity contribution < 1.29 is 14.0 Å². The molecule has 3 N–H and O–H groups in total. The third-order valence-corrected chi connectivity index (χ3v) is 7.37. The summed E-state index contributed by atoms with van der Waals surface area (Å²) in [7, 11) is 0. The molecule has 0 aromatic heterocycles. The van der Waals surface area contributed by atoms with Gasteiger partial charge in [-0.15, -0.1) is 0 Å². The summed E-state index contributed by atoms with van der Waals surface area (Å²) >= 11 is 0. The lowest BCUT2D eigenvalue weighted by atomic mass is 9.77. The minimum atomic E-state index is -0.489. The molecular weight excluding hydrogens is 417 g/mol. The fourth-order valence-electron chi connectivity index (χ4n) is 5.23. The van der Waals surface area contributed by atoms with Crippen LogP contribution in [0, 0.1) is 24.1 Å². The van der Waals surface area contributed by atoms with Gasteiger partial charge in [0.2, 0.25) is 0 Å². The van der Waals surface area contributed by atoms with Crippen LogP contribution in [0.4, 0.5) is 10.1 Å². The van der Waals surface area contributed by atoms with Gasteiger partial charge in [0.05, 0.1) is 41.1 Å². The van der Waals surface area contributed by atoms with Gasteiger partial charge in [-0.25, -0.2) is 4.39 Å². The van der Waals surface area contributed by atoms with E-state index in [1.807, 2.05) is 13.8 Å². The molecule has 3 aliphatic rings. The normalized spacial score (nSPS) is 23.4. The fourth-order valence-corrected chi connectivity index (χ4v) is 5.23. The Morgan fingerprint density at radius 2 is 1.82 bits per heavy atom. The second-order valence-corrected chi connectivity index (χ2v) is 10.8. The zero-order chi connectivity index (χ0) is 24.4. The van der Waals surface area contributed by atoms with Gasteiger partial charge in [-0.1, -0.05) is 44.9 Å². The van der Waals surface area contributed by atoms with E-state index in [0.717, 1.165) is 11.1 Å². The number of fused-ring (bicyclic) bond motifs is 1. The highest BCUT2D eigenvalue weighted by atomic mass is 19.1. The van der Waals surface area contributed by atoms with Gasteiger partial charge in [-0.05, 0) is 55.9 Å². The molecule has 5 nitrogen and oxygen atoms in total. The number of carbonyl (C=O) groups excluding carboxylic acids is 2. The second kappa shape index (κ2) is 7.86. The van der Waals surface area contributed by atoms with E-state index in [2.05, 4.69) is 63.6 Å². The molecule has 1 aromatic carbocycles. The summed E-state index contributed by atoms with van der Waals surface area (Å²) < 4.78 is 15.0. The maximum atomic E-state index is 15.0. The molecule has 2 aliphatic carbocycles. The number of Topliss-reactive ketones (excluding diaryl/α,β-unsaturated/α-hetero) is 1. The SMILES string of the molecule is CC1=C(C)C(C)C([C@H](NC2=C(Nc3c(F)cc(C)c4c3C(=O)N[C@H]4C)CC2=O)C(C)(C)C)=C1. The maximum Gasteiger partial charge on any atom is 0.254 e. The van der Waals surface area contributed by atoms with Gasteiger partial charge in [0.1, 0.15) is 5.82 Å². The van der Waals surface area contributed by atoms with Crippen LogP contribution in [0.25, 0.3) is 0 Å². The molecule has 176 valence electrons. The minimum absolute atomic E-state index is 0.0126. The molecule has 1 unspecified atom stereocenters. The van der Waals surface area contributed by atoms with Gasteiger partial charge < -0.3 is 16.0 Å². The number of nitrogens with one attached hydrogen (secondary N) is 3. The Morgan fingerprint density at radius 1 is 1.15 bits per heavy atom. The topological polar surface area (TPSA) is 70.2 Å². The molecule has 0 saturated carbocycles. The molecule has 1 aromatic rings. The summed E-state index contributed by atoms with van der Waals surface area (Å²) in [6, 6.07) is 1.21. The molecule has 33 heavy (non-hydrogen) atoms. The highest BCUT2D eigenvalue weighted by Crippen LogP contribution is 2.41. The molecule has 0 saturated heterocycles. The van der Waals surface area contributed by atoms with Crippen molar-refractivity contribution in [3.05, 3.63) is 62.8 Å². The first kappa shape index (κ1) is 23.3. The van der Waals surface area contributed by atoms with Crippen molar-refractivity contribution in [1.29, 1.82) is 0 Å². The van der Waals surface area contributed by atoms with E-state index in [1.54, 1.807) is 0 Å². The summed E-state index contributed by atoms with van der Waals surface area (Å²) in [5, 5.41) is 9.47. The quantitative estimate of drug-likeness (QED) is 0.557. The number of carbonyl (C=O) groups is 2. The fraction of sp³-hybridized carbons (Fsp3) is 0.481. The molecule has 3 atom stereocenters. The van der Waals surface area contributed by atoms with Crippen molar-refractivity contribution in [1.82, 2.24) is 10.6 Å². The van der Waals surface area contributed by atoms with Gasteiger partial charge in [0.15, 0.2) is 5.78 Å². The summed E-state index contributed by atoms with van der Waals surface area (Å²) in [6.07, 6.45) is 2.40. The third kappa shape index (κ3) is 3.79. The molecule has 1 amide bonds. The summed E-state index contributed by atoms with van der Waals surface area (Å²) in [4.78, 5) is 25.2. The van der Waals surface area contributed by atoms with Crippen LogP contribution >= 0.6 is 0 Å². The van der Waals surface area contributed by atoms with E-state index in [1.165, 1.54) is 22.8 Å². The predicted molar refractivity (Wildman–Crippen MR) is 129 cm³/mol. The Hall–Kier alpha value is -2.89. The number of anilines is 1. The van der Waals surface area contributed by atoms with E-state index in [-0.39, 0.29) is 47.2 Å². The number of hydrogen-bond acceptors (Lipinski definition) is 4. The largest absolute Gasteiger partial charge is 0.374 e. The minimum Gasteiger partial charge on any atom is -0.374 e. The zero-order valence-corrected chi connectivity index (χ0v) is 20.8. The van der Waals surface area contributed by atoms with Crippen molar-refractivity contribution in [2.45, 2.75) is 73.9 Å². The van der Waals surface area contributed by atoms with Crippen molar-refractivity contribution >= 4 is 17.4 Å². The van der Waals surface area contributed by atoms with Crippen molar-refractivity contribution in [2.75, 3.05) is 5.32 Å². The zero-order valence-electron chi connectivity index (χ0n) is 20.8. The Kier molecular flexibility index (Phi) is 5.54. The third-order valence-electron chi connectivity index (χ3n) is 7.37. The molecule has 0 radical (unpaired) electrons. The number of rotatable bonds is 5. The van der Waals surface area contributed by atoms with Gasteiger partial charge >= 0.3 is 0 Å². The van der Waals surface area contributed by atoms with Crippen molar-refractivity contribution in [2.24, 2.45) is 11.3 Å². The lowest BCUT2D eigenvalue weighted by molar-refractivity contribution is -0.117. The average Bonchev–Trinajstić information content (AvgIpc) is 3.13. The number of amides is 1. The predicted octanol–water partition coefficient (Wildman–Crippen LogP) is 5.45. The molecule has 6 heteroatoms. The van der Waals surface area contributed by atoms with Crippen LogP contribution in [0.5, 0.6) is 0 Å². The molecule has 0 bridgehead atoms. The first-order valence-electron chi connectivity index (χ1n) is 11.6. The first-order valence-corrected chi connectivity index (χ1v) is 11.6. The van der Waals surface area contributed by atoms with Gasteiger partial charge in [-0.3, -0.25) is 9.59 Å². The smallest absolute Gasteiger partial charge is 0.254 e. The monoisotopic (exact) mass is 451 g/mol. The van der Waals surface area contributed by atoms with Gasteiger partial charge in [0, 0.05) is 5.92 Å². The van der Waals surface area contributed by atoms with E-state index >= 15 is 4.39 Å². The molecular formula is C27H34FN3O2. The summed E-state index contributed by atoms with van der Waals surface area (Å²) in [6.45, 7) is 16.6. The van der Waals surface area contributed by atoms with Crippen LogP contribution in [0.15, 0.2) is 40.3 Å². The molecule has 1 heterocycles. The number of allylic oxidation sites excluding steroid dienone is 5. The standard InChI is InChI=1S/C27H34FN3O2/c1-12-9-17(15(4)14(12)3)25(27(6,7)8)31-24-19(11-20(24)32)30-23-18(28)10-13(2)21-16(5)29-26(33)22(21)23/h9-10,15-16,25,30-31H,11H2,1-8H3,(H,29,33)/t15?,16-,25-/m0/s1. The maximum absolute atomic E-state index is 15.0. The Balaban J connectivity index is 1.70. The number of hydrogen-bond donors (Lipinski definition) is 3. The summed E-state index contributed by atoms with van der Waals surface area (Å²) in [5.74, 6) is -0.507. The lowest BCUT2D eigenvalue weighted by Gasteiger charge is -2.38. The lowest BCUT2D eigenvalue weighted by Crippen LogP contribution is -2.47. The molecule has 0 spiro atoms. The summed E-state index contributed by atoms with van der Waals surface area (Å²) in [5.41, 5.74) is 6.83. The van der Waals surface area contributed by atoms with Gasteiger partial charge in [0.25, 0.3) is 5.91 Å². The number of benzene rings is 1. The van der Waals surface area contributed by atoms with Crippen LogP contribution < -0.4 is 16.0 Å². The molecule has 1 aliphatic heterocycles. The number of halogens is 1. The van der Waals surface area contributed by atoms with E-state index in [9.17, 15) is 9.59 Å². The van der Waals surface area contributed by atoms with E-state index in [0.29, 0.717) is 17.0 Å². The van der Waals surface area contributed by atoms with E-state index in [4.69, 9.17) is 0 Å². The average molecular weight is 452 g/mol. The highest BCUT2D eigenvalue weighted by Gasteiger charge is 2.39. The Bertz CT molecular complexity index is 1170. The Labute approximate surface area is 195 Å². The van der Waals surface area contributed by atoms with Crippen LogP contribution in [-0.2, 0) is 4.79 Å². The van der Waals surface area contributed by atoms with Gasteiger partial charge in [-0.2, -0.15) is 0 Å². The van der Waals surface area contributed by atoms with Crippen LogP contribution in [0.2, 0.25) is 0 Å². The molecule has 4 rings (SSSR count). The Morgan fingerprint density at radius 3 is 2.36 bits per heavy atom. The highest BCUT2D eigenvalue weighted by molar-refractivity contribution is 6.08. The van der Waals surface area contributed by atoms with Crippen LogP contribution in [0.1, 0.15) is 82.4 Å². The van der Waals surface area contributed by atoms with Crippen molar-refractivity contribution in [3.8, 4) is 0 Å². The second-order valence-electron chi connectivity index (χ2n) is 10.8.